The van der Waals surface area contributed by atoms with Gasteiger partial charge in [-0.05, 0) is 50.3 Å². The molecule has 0 spiro atoms. The first-order valence-corrected chi connectivity index (χ1v) is 14.7. The summed E-state index contributed by atoms with van der Waals surface area (Å²) < 4.78 is 59.4. The predicted molar refractivity (Wildman–Crippen MR) is 144 cm³/mol. The van der Waals surface area contributed by atoms with Crippen LogP contribution in [-0.2, 0) is 27.4 Å². The van der Waals surface area contributed by atoms with Crippen LogP contribution in [0.5, 0.6) is 5.75 Å². The van der Waals surface area contributed by atoms with Gasteiger partial charge >= 0.3 is 12.5 Å². The number of amides is 2. The fourth-order valence-corrected chi connectivity index (χ4v) is 6.93. The number of ether oxygens (including phenoxy) is 1. The fourth-order valence-electron chi connectivity index (χ4n) is 6.67. The number of aliphatic carboxylic acids is 1. The molecule has 1 aromatic carbocycles. The molecule has 2 aliphatic heterocycles. The minimum atomic E-state index is -3.23. The first-order valence-electron chi connectivity index (χ1n) is 14.3. The van der Waals surface area contributed by atoms with Gasteiger partial charge in [-0.2, -0.15) is 8.78 Å². The quantitative estimate of drug-likeness (QED) is 0.380. The fraction of sp³-hybridized carbons (Fsp3) is 0.607. The Morgan fingerprint density at radius 2 is 1.79 bits per heavy atom. The SMILES string of the molecule is CC(C1c2c(OCc3nn(C(F)F)nc3C(F)F)ccc(Cl)c2CCN1C(=O)C1CCCCC1C(=O)O)N1CCCC1=O. The van der Waals surface area contributed by atoms with Gasteiger partial charge in [-0.1, -0.05) is 24.4 Å². The summed E-state index contributed by atoms with van der Waals surface area (Å²) in [6.07, 6.45) is 0.307. The van der Waals surface area contributed by atoms with Gasteiger partial charge in [-0.25, -0.2) is 8.78 Å². The van der Waals surface area contributed by atoms with E-state index in [1.165, 1.54) is 6.07 Å². The highest BCUT2D eigenvalue weighted by Gasteiger charge is 2.46. The lowest BCUT2D eigenvalue weighted by atomic mass is 9.77. The van der Waals surface area contributed by atoms with E-state index < -0.39 is 60.9 Å². The number of carbonyl (C=O) groups is 3. The third-order valence-corrected chi connectivity index (χ3v) is 9.06. The highest BCUT2D eigenvalue weighted by atomic mass is 35.5. The Kier molecular flexibility index (Phi) is 9.14. The average molecular weight is 630 g/mol. The van der Waals surface area contributed by atoms with Gasteiger partial charge in [-0.3, -0.25) is 14.4 Å². The molecule has 234 valence electrons. The maximum atomic E-state index is 14.2. The van der Waals surface area contributed by atoms with Crippen LogP contribution in [0.15, 0.2) is 12.1 Å². The number of nitrogens with zero attached hydrogens (tertiary/aromatic N) is 5. The van der Waals surface area contributed by atoms with E-state index in [4.69, 9.17) is 16.3 Å². The summed E-state index contributed by atoms with van der Waals surface area (Å²) in [5.41, 5.74) is -0.324. The number of hydrogen-bond acceptors (Lipinski definition) is 6. The number of hydrogen-bond donors (Lipinski definition) is 1. The molecular weight excluding hydrogens is 598 g/mol. The average Bonchev–Trinajstić information content (AvgIpc) is 3.62. The molecule has 1 saturated carbocycles. The number of carbonyl (C=O) groups excluding carboxylic acids is 2. The van der Waals surface area contributed by atoms with Crippen LogP contribution in [0.3, 0.4) is 0 Å². The van der Waals surface area contributed by atoms with Crippen molar-refractivity contribution in [3.05, 3.63) is 39.7 Å². The van der Waals surface area contributed by atoms with Gasteiger partial charge in [0.05, 0.1) is 23.9 Å². The number of carboxylic acids is 1. The van der Waals surface area contributed by atoms with E-state index in [0.717, 1.165) is 0 Å². The molecule has 1 saturated heterocycles. The topological polar surface area (TPSA) is 118 Å². The standard InChI is InChI=1S/C28H32ClF4N5O5/c1-14(36-11-4-7-21(36)39)24-22-17(10-12-37(24)26(40)15-5-2-3-6-16(15)27(41)42)18(29)8-9-20(22)43-13-19-23(25(30)31)35-38(34-19)28(32)33/h8-9,14-16,24-25,28H,2-7,10-13H2,1H3,(H,41,42). The van der Waals surface area contributed by atoms with Crippen molar-refractivity contribution in [3.63, 3.8) is 0 Å². The molecule has 10 nitrogen and oxygen atoms in total. The van der Waals surface area contributed by atoms with Gasteiger partial charge in [0, 0.05) is 30.1 Å². The van der Waals surface area contributed by atoms with Crippen LogP contribution < -0.4 is 4.74 Å². The van der Waals surface area contributed by atoms with Gasteiger partial charge in [0.15, 0.2) is 5.69 Å². The van der Waals surface area contributed by atoms with E-state index in [9.17, 15) is 37.1 Å². The Hall–Kier alpha value is -3.42. The number of aromatic nitrogens is 3. The summed E-state index contributed by atoms with van der Waals surface area (Å²) in [6, 6.07) is 1.69. The molecule has 4 atom stereocenters. The van der Waals surface area contributed by atoms with Crippen LogP contribution in [0.1, 0.15) is 87.0 Å². The molecule has 5 rings (SSSR count). The smallest absolute Gasteiger partial charge is 0.348 e. The first-order chi connectivity index (χ1) is 20.5. The number of rotatable bonds is 9. The first kappa shape index (κ1) is 31.0. The number of alkyl halides is 4. The molecule has 1 aliphatic carbocycles. The van der Waals surface area contributed by atoms with Crippen molar-refractivity contribution >= 4 is 29.4 Å². The van der Waals surface area contributed by atoms with Gasteiger partial charge in [0.2, 0.25) is 11.8 Å². The lowest BCUT2D eigenvalue weighted by molar-refractivity contribution is -0.154. The van der Waals surface area contributed by atoms with Crippen molar-refractivity contribution in [2.24, 2.45) is 11.8 Å². The molecular formula is C28H32ClF4N5O5. The van der Waals surface area contributed by atoms with Gasteiger partial charge in [0.25, 0.3) is 6.43 Å². The minimum absolute atomic E-state index is 0.0946. The van der Waals surface area contributed by atoms with E-state index in [1.807, 2.05) is 0 Å². The molecule has 0 bridgehead atoms. The molecule has 43 heavy (non-hydrogen) atoms. The second-order valence-corrected chi connectivity index (χ2v) is 11.6. The molecule has 15 heteroatoms. The highest BCUT2D eigenvalue weighted by Crippen LogP contribution is 2.45. The lowest BCUT2D eigenvalue weighted by Crippen LogP contribution is -2.53. The zero-order valence-corrected chi connectivity index (χ0v) is 24.2. The predicted octanol–water partition coefficient (Wildman–Crippen LogP) is 5.17. The van der Waals surface area contributed by atoms with Crippen molar-refractivity contribution in [1.29, 1.82) is 0 Å². The largest absolute Gasteiger partial charge is 0.487 e. The molecule has 1 aromatic heterocycles. The zero-order valence-electron chi connectivity index (χ0n) is 23.4. The van der Waals surface area contributed by atoms with Crippen LogP contribution in [-0.4, -0.2) is 66.8 Å². The van der Waals surface area contributed by atoms with E-state index in [0.29, 0.717) is 67.6 Å². The number of likely N-dealkylation sites (tertiary alicyclic amines) is 1. The Morgan fingerprint density at radius 1 is 1.07 bits per heavy atom. The van der Waals surface area contributed by atoms with Crippen LogP contribution >= 0.6 is 11.6 Å². The maximum Gasteiger partial charge on any atom is 0.348 e. The van der Waals surface area contributed by atoms with E-state index in [1.54, 1.807) is 22.8 Å². The van der Waals surface area contributed by atoms with Gasteiger partial charge in [-0.15, -0.1) is 15.0 Å². The van der Waals surface area contributed by atoms with Crippen LogP contribution in [0.2, 0.25) is 5.02 Å². The second-order valence-electron chi connectivity index (χ2n) is 11.2. The summed E-state index contributed by atoms with van der Waals surface area (Å²) in [6.45, 7) is -1.38. The molecule has 3 aliphatic rings. The molecule has 4 unspecified atom stereocenters. The monoisotopic (exact) mass is 629 g/mol. The summed E-state index contributed by atoms with van der Waals surface area (Å²) >= 11 is 6.61. The van der Waals surface area contributed by atoms with Crippen molar-refractivity contribution in [2.45, 2.75) is 83.5 Å². The van der Waals surface area contributed by atoms with Crippen molar-refractivity contribution in [3.8, 4) is 5.75 Å². The number of carboxylic acid groups (broad SMARTS) is 1. The molecule has 2 amide bonds. The number of benzene rings is 1. The van der Waals surface area contributed by atoms with Crippen molar-refractivity contribution in [2.75, 3.05) is 13.1 Å². The molecule has 2 fully saturated rings. The maximum absolute atomic E-state index is 14.2. The Morgan fingerprint density at radius 3 is 2.42 bits per heavy atom. The third-order valence-electron chi connectivity index (χ3n) is 8.71. The second kappa shape index (κ2) is 12.7. The molecule has 3 heterocycles. The summed E-state index contributed by atoms with van der Waals surface area (Å²) in [7, 11) is 0. The van der Waals surface area contributed by atoms with E-state index in [-0.39, 0.29) is 28.9 Å². The highest BCUT2D eigenvalue weighted by molar-refractivity contribution is 6.31. The minimum Gasteiger partial charge on any atom is -0.487 e. The normalized spacial score (nSPS) is 23.2. The lowest BCUT2D eigenvalue weighted by Gasteiger charge is -2.46. The molecule has 2 aromatic rings. The summed E-state index contributed by atoms with van der Waals surface area (Å²) in [5.74, 6) is -2.90. The Balaban J connectivity index is 1.55. The van der Waals surface area contributed by atoms with Crippen molar-refractivity contribution in [1.82, 2.24) is 24.8 Å². The number of fused-ring (bicyclic) bond motifs is 1. The summed E-state index contributed by atoms with van der Waals surface area (Å²) in [5, 5.41) is 16.9. The summed E-state index contributed by atoms with van der Waals surface area (Å²) in [4.78, 5) is 42.3. The van der Waals surface area contributed by atoms with Gasteiger partial charge in [0.1, 0.15) is 18.1 Å². The number of halogens is 5. The van der Waals surface area contributed by atoms with Crippen LogP contribution in [0.25, 0.3) is 0 Å². The molecule has 1 N–H and O–H groups in total. The van der Waals surface area contributed by atoms with Gasteiger partial charge < -0.3 is 19.6 Å². The van der Waals surface area contributed by atoms with E-state index >= 15 is 0 Å². The Labute approximate surface area is 249 Å². The molecule has 0 radical (unpaired) electrons. The van der Waals surface area contributed by atoms with E-state index in [2.05, 4.69) is 10.2 Å². The van der Waals surface area contributed by atoms with Crippen LogP contribution in [0, 0.1) is 11.8 Å². The zero-order chi connectivity index (χ0) is 31.0. The van der Waals surface area contributed by atoms with Crippen molar-refractivity contribution < 1.29 is 41.8 Å². The third kappa shape index (κ3) is 6.02. The Bertz CT molecular complexity index is 1390. The van der Waals surface area contributed by atoms with Crippen LogP contribution in [0.4, 0.5) is 17.6 Å².